The van der Waals surface area contributed by atoms with Crippen molar-refractivity contribution in [1.29, 1.82) is 0 Å². The number of aliphatic carboxylic acids is 1. The van der Waals surface area contributed by atoms with Crippen LogP contribution in [0.15, 0.2) is 54.6 Å². The first-order valence-electron chi connectivity index (χ1n) is 8.37. The lowest BCUT2D eigenvalue weighted by Gasteiger charge is -2.14. The summed E-state index contributed by atoms with van der Waals surface area (Å²) in [6, 6.07) is 15.3. The maximum absolute atomic E-state index is 12.1. The molecule has 1 amide bonds. The molecule has 0 bridgehead atoms. The highest BCUT2D eigenvalue weighted by atomic mass is 16.5. The van der Waals surface area contributed by atoms with Gasteiger partial charge in [0, 0.05) is 5.69 Å². The molecule has 0 aromatic heterocycles. The molecule has 2 aromatic carbocycles. The minimum Gasteiger partial charge on any atom is -0.480 e. The number of hydrogen-bond donors (Lipinski definition) is 4. The van der Waals surface area contributed by atoms with E-state index < -0.39 is 12.0 Å². The average Bonchev–Trinajstić information content (AvgIpc) is 2.63. The van der Waals surface area contributed by atoms with Crippen LogP contribution in [-0.2, 0) is 9.59 Å². The topological polar surface area (TPSA) is 114 Å². The highest BCUT2D eigenvalue weighted by Crippen LogP contribution is 2.22. The molecule has 138 valence electrons. The summed E-state index contributed by atoms with van der Waals surface area (Å²) in [4.78, 5) is 23.3. The van der Waals surface area contributed by atoms with Crippen LogP contribution in [0.4, 0.5) is 5.69 Å². The first kappa shape index (κ1) is 19.4. The van der Waals surface area contributed by atoms with Gasteiger partial charge in [-0.2, -0.15) is 0 Å². The number of carbonyl (C=O) groups excluding carboxylic acids is 1. The molecule has 2 rings (SSSR count). The van der Waals surface area contributed by atoms with Gasteiger partial charge in [-0.05, 0) is 55.9 Å². The fourth-order valence-electron chi connectivity index (χ4n) is 2.25. The lowest BCUT2D eigenvalue weighted by Crippen LogP contribution is -2.40. The van der Waals surface area contributed by atoms with Crippen molar-refractivity contribution < 1.29 is 19.4 Å². The van der Waals surface area contributed by atoms with E-state index in [1.807, 2.05) is 30.3 Å². The van der Waals surface area contributed by atoms with Crippen molar-refractivity contribution in [2.45, 2.75) is 18.9 Å². The zero-order valence-corrected chi connectivity index (χ0v) is 14.4. The van der Waals surface area contributed by atoms with Crippen LogP contribution in [0, 0.1) is 0 Å². The fourth-order valence-corrected chi connectivity index (χ4v) is 2.25. The molecule has 0 aliphatic rings. The molecular weight excluding hydrogens is 334 g/mol. The Morgan fingerprint density at radius 3 is 2.31 bits per heavy atom. The summed E-state index contributed by atoms with van der Waals surface area (Å²) in [7, 11) is 0. The number of amides is 1. The molecule has 7 nitrogen and oxygen atoms in total. The number of nitrogens with one attached hydrogen (secondary N) is 2. The van der Waals surface area contributed by atoms with Gasteiger partial charge in [-0.15, -0.1) is 0 Å². The molecule has 0 aliphatic heterocycles. The third kappa shape index (κ3) is 6.54. The zero-order valence-electron chi connectivity index (χ0n) is 14.4. The lowest BCUT2D eigenvalue weighted by atomic mass is 10.2. The van der Waals surface area contributed by atoms with Gasteiger partial charge in [0.2, 0.25) is 5.91 Å². The maximum atomic E-state index is 12.1. The number of benzene rings is 2. The van der Waals surface area contributed by atoms with Crippen molar-refractivity contribution in [1.82, 2.24) is 5.32 Å². The molecule has 0 spiro atoms. The molecule has 1 atom stereocenters. The third-order valence-electron chi connectivity index (χ3n) is 3.58. The van der Waals surface area contributed by atoms with Crippen LogP contribution in [0.3, 0.4) is 0 Å². The van der Waals surface area contributed by atoms with Crippen LogP contribution in [0.25, 0.3) is 0 Å². The number of para-hydroxylation sites is 1. The monoisotopic (exact) mass is 357 g/mol. The Morgan fingerprint density at radius 1 is 1.04 bits per heavy atom. The Labute approximate surface area is 152 Å². The Hall–Kier alpha value is -2.90. The number of ether oxygens (including phenoxy) is 1. The van der Waals surface area contributed by atoms with Gasteiger partial charge in [0.25, 0.3) is 0 Å². The van der Waals surface area contributed by atoms with Crippen LogP contribution in [0.5, 0.6) is 11.5 Å². The quantitative estimate of drug-likeness (QED) is 0.485. The molecule has 7 heteroatoms. The van der Waals surface area contributed by atoms with Gasteiger partial charge < -0.3 is 26.2 Å². The smallest absolute Gasteiger partial charge is 0.321 e. The predicted molar refractivity (Wildman–Crippen MR) is 99.3 cm³/mol. The predicted octanol–water partition coefficient (Wildman–Crippen LogP) is 2.20. The summed E-state index contributed by atoms with van der Waals surface area (Å²) in [5, 5.41) is 14.7. The SMILES string of the molecule is NCCCN[C@@H](CC(=O)Nc1ccc(Oc2ccccc2)cc1)C(=O)O. The Kier molecular flexibility index (Phi) is 7.60. The second kappa shape index (κ2) is 10.2. The number of carboxylic acid groups (broad SMARTS) is 1. The molecule has 0 radical (unpaired) electrons. The number of carboxylic acids is 1. The summed E-state index contributed by atoms with van der Waals surface area (Å²) < 4.78 is 5.68. The molecule has 2 aromatic rings. The number of anilines is 1. The van der Waals surface area contributed by atoms with Gasteiger partial charge in [0.15, 0.2) is 0 Å². The van der Waals surface area contributed by atoms with E-state index >= 15 is 0 Å². The van der Waals surface area contributed by atoms with Gasteiger partial charge in [-0.25, -0.2) is 0 Å². The standard InChI is InChI=1S/C19H23N3O4/c20-11-4-12-21-17(19(24)25)13-18(23)22-14-7-9-16(10-8-14)26-15-5-2-1-3-6-15/h1-3,5-10,17,21H,4,11-13,20H2,(H,22,23)(H,24,25)/t17-/m0/s1. The van der Waals surface area contributed by atoms with Crippen molar-refractivity contribution in [3.8, 4) is 11.5 Å². The van der Waals surface area contributed by atoms with Crippen molar-refractivity contribution in [3.63, 3.8) is 0 Å². The van der Waals surface area contributed by atoms with Crippen LogP contribution in [0.2, 0.25) is 0 Å². The number of rotatable bonds is 10. The molecular formula is C19H23N3O4. The summed E-state index contributed by atoms with van der Waals surface area (Å²) >= 11 is 0. The molecule has 0 saturated heterocycles. The van der Waals surface area contributed by atoms with Gasteiger partial charge in [-0.1, -0.05) is 18.2 Å². The van der Waals surface area contributed by atoms with E-state index in [9.17, 15) is 14.7 Å². The molecule has 0 fully saturated rings. The maximum Gasteiger partial charge on any atom is 0.321 e. The van der Waals surface area contributed by atoms with Gasteiger partial charge >= 0.3 is 5.97 Å². The van der Waals surface area contributed by atoms with E-state index in [1.54, 1.807) is 24.3 Å². The minimum absolute atomic E-state index is 0.165. The second-order valence-electron chi connectivity index (χ2n) is 5.68. The first-order valence-corrected chi connectivity index (χ1v) is 8.37. The third-order valence-corrected chi connectivity index (χ3v) is 3.58. The van der Waals surface area contributed by atoms with Crippen molar-refractivity contribution in [3.05, 3.63) is 54.6 Å². The normalized spacial score (nSPS) is 11.6. The van der Waals surface area contributed by atoms with E-state index in [1.165, 1.54) is 0 Å². The van der Waals surface area contributed by atoms with E-state index in [0.29, 0.717) is 30.9 Å². The van der Waals surface area contributed by atoms with E-state index in [0.717, 1.165) is 5.75 Å². The van der Waals surface area contributed by atoms with E-state index in [-0.39, 0.29) is 12.3 Å². The minimum atomic E-state index is -1.07. The number of hydrogen-bond acceptors (Lipinski definition) is 5. The largest absolute Gasteiger partial charge is 0.480 e. The first-order chi connectivity index (χ1) is 12.6. The fraction of sp³-hybridized carbons (Fsp3) is 0.263. The molecule has 0 heterocycles. The summed E-state index contributed by atoms with van der Waals surface area (Å²) in [6.07, 6.45) is 0.483. The van der Waals surface area contributed by atoms with Crippen LogP contribution >= 0.6 is 0 Å². The lowest BCUT2D eigenvalue weighted by molar-refractivity contribution is -0.141. The van der Waals surface area contributed by atoms with Crippen molar-refractivity contribution in [2.24, 2.45) is 5.73 Å². The van der Waals surface area contributed by atoms with Crippen LogP contribution in [0.1, 0.15) is 12.8 Å². The molecule has 0 unspecified atom stereocenters. The number of carbonyl (C=O) groups is 2. The highest BCUT2D eigenvalue weighted by Gasteiger charge is 2.20. The van der Waals surface area contributed by atoms with Crippen LogP contribution < -0.4 is 21.1 Å². The highest BCUT2D eigenvalue weighted by molar-refractivity contribution is 5.94. The van der Waals surface area contributed by atoms with Gasteiger partial charge in [-0.3, -0.25) is 9.59 Å². The van der Waals surface area contributed by atoms with Crippen molar-refractivity contribution >= 4 is 17.6 Å². The molecule has 5 N–H and O–H groups in total. The van der Waals surface area contributed by atoms with Gasteiger partial charge in [0.05, 0.1) is 6.42 Å². The number of nitrogens with two attached hydrogens (primary N) is 1. The van der Waals surface area contributed by atoms with E-state index in [4.69, 9.17) is 10.5 Å². The Bertz CT molecular complexity index is 704. The summed E-state index contributed by atoms with van der Waals surface area (Å²) in [5.74, 6) is -0.0867. The van der Waals surface area contributed by atoms with Gasteiger partial charge in [0.1, 0.15) is 17.5 Å². The second-order valence-corrected chi connectivity index (χ2v) is 5.68. The molecule has 0 aliphatic carbocycles. The molecule has 26 heavy (non-hydrogen) atoms. The Morgan fingerprint density at radius 2 is 1.69 bits per heavy atom. The average molecular weight is 357 g/mol. The zero-order chi connectivity index (χ0) is 18.8. The summed E-state index contributed by atoms with van der Waals surface area (Å²) in [6.45, 7) is 0.912. The Balaban J connectivity index is 1.87. The van der Waals surface area contributed by atoms with Crippen LogP contribution in [-0.4, -0.2) is 36.1 Å². The summed E-state index contributed by atoms with van der Waals surface area (Å²) in [5.41, 5.74) is 5.95. The molecule has 0 saturated carbocycles. The van der Waals surface area contributed by atoms with E-state index in [2.05, 4.69) is 10.6 Å². The van der Waals surface area contributed by atoms with Crippen molar-refractivity contribution in [2.75, 3.05) is 18.4 Å².